The summed E-state index contributed by atoms with van der Waals surface area (Å²) in [5, 5.41) is 8.54. The van der Waals surface area contributed by atoms with Crippen LogP contribution >= 0.6 is 11.3 Å². The molecule has 30 heavy (non-hydrogen) atoms. The predicted octanol–water partition coefficient (Wildman–Crippen LogP) is 5.35. The van der Waals surface area contributed by atoms with Gasteiger partial charge in [-0.1, -0.05) is 0 Å². The number of carbonyl (C=O) groups is 1. The Labute approximate surface area is 176 Å². The minimum Gasteiger partial charge on any atom is -0.332 e. The second-order valence-electron chi connectivity index (χ2n) is 6.68. The van der Waals surface area contributed by atoms with Crippen LogP contribution in [-0.4, -0.2) is 20.9 Å². The molecule has 8 heteroatoms. The van der Waals surface area contributed by atoms with Crippen LogP contribution in [0.5, 0.6) is 0 Å². The summed E-state index contributed by atoms with van der Waals surface area (Å²) in [5.41, 5.74) is 4.50. The average molecular weight is 419 g/mol. The van der Waals surface area contributed by atoms with E-state index in [1.165, 1.54) is 23.5 Å². The van der Waals surface area contributed by atoms with Crippen molar-refractivity contribution in [3.05, 3.63) is 82.7 Å². The number of rotatable bonds is 5. The van der Waals surface area contributed by atoms with Gasteiger partial charge in [0, 0.05) is 33.6 Å². The topological polar surface area (TPSA) is 79.8 Å². The Morgan fingerprint density at radius 2 is 1.60 bits per heavy atom. The van der Waals surface area contributed by atoms with Gasteiger partial charge < -0.3 is 5.32 Å². The Kier molecular flexibility index (Phi) is 5.49. The van der Waals surface area contributed by atoms with Crippen LogP contribution < -0.4 is 10.6 Å². The van der Waals surface area contributed by atoms with E-state index in [2.05, 4.69) is 25.6 Å². The SMILES string of the molecule is Cc1cc(C)nc(NC(=O)c2ccc(Nc3nc(-c4ccc(F)cc4)cs3)cc2)n1. The summed E-state index contributed by atoms with van der Waals surface area (Å²) < 4.78 is 13.1. The molecule has 0 radical (unpaired) electrons. The van der Waals surface area contributed by atoms with E-state index in [1.54, 1.807) is 36.4 Å². The first-order valence-electron chi connectivity index (χ1n) is 9.18. The van der Waals surface area contributed by atoms with Crippen molar-refractivity contribution in [3.8, 4) is 11.3 Å². The van der Waals surface area contributed by atoms with Crippen LogP contribution in [0.3, 0.4) is 0 Å². The number of aromatic nitrogens is 3. The lowest BCUT2D eigenvalue weighted by Gasteiger charge is -2.07. The number of thiazole rings is 1. The third-order valence-corrected chi connectivity index (χ3v) is 5.01. The van der Waals surface area contributed by atoms with Crippen LogP contribution in [-0.2, 0) is 0 Å². The van der Waals surface area contributed by atoms with Crippen molar-refractivity contribution < 1.29 is 9.18 Å². The van der Waals surface area contributed by atoms with Crippen LogP contribution in [0.25, 0.3) is 11.3 Å². The molecule has 150 valence electrons. The van der Waals surface area contributed by atoms with E-state index in [-0.39, 0.29) is 17.7 Å². The second-order valence-corrected chi connectivity index (χ2v) is 7.53. The number of carbonyl (C=O) groups excluding carboxylic acids is 1. The molecule has 2 aromatic heterocycles. The molecule has 2 aromatic carbocycles. The monoisotopic (exact) mass is 419 g/mol. The summed E-state index contributed by atoms with van der Waals surface area (Å²) in [7, 11) is 0. The standard InChI is InChI=1S/C22H18FN5OS/c1-13-11-14(2)25-21(24-13)28-20(29)16-5-9-18(10-6-16)26-22-27-19(12-30-22)15-3-7-17(23)8-4-15/h3-12H,1-2H3,(H,26,27)(H,24,25,28,29). The van der Waals surface area contributed by atoms with Gasteiger partial charge in [0.25, 0.3) is 5.91 Å². The fraction of sp³-hybridized carbons (Fsp3) is 0.0909. The molecule has 0 aliphatic rings. The zero-order valence-electron chi connectivity index (χ0n) is 16.3. The van der Waals surface area contributed by atoms with Crippen molar-refractivity contribution in [3.63, 3.8) is 0 Å². The van der Waals surface area contributed by atoms with Gasteiger partial charge in [-0.05, 0) is 68.4 Å². The van der Waals surface area contributed by atoms with Crippen molar-refractivity contribution in [1.82, 2.24) is 15.0 Å². The van der Waals surface area contributed by atoms with Crippen LogP contribution in [0.2, 0.25) is 0 Å². The van der Waals surface area contributed by atoms with E-state index in [0.29, 0.717) is 10.7 Å². The third kappa shape index (κ3) is 4.66. The van der Waals surface area contributed by atoms with E-state index >= 15 is 0 Å². The highest BCUT2D eigenvalue weighted by Gasteiger charge is 2.10. The van der Waals surface area contributed by atoms with Crippen LogP contribution in [0.4, 0.5) is 21.2 Å². The van der Waals surface area contributed by atoms with Gasteiger partial charge in [0.1, 0.15) is 5.82 Å². The molecule has 0 bridgehead atoms. The number of amides is 1. The van der Waals surface area contributed by atoms with Crippen LogP contribution in [0.1, 0.15) is 21.7 Å². The summed E-state index contributed by atoms with van der Waals surface area (Å²) in [4.78, 5) is 25.4. The van der Waals surface area contributed by atoms with Crippen LogP contribution in [0, 0.1) is 19.7 Å². The molecule has 0 unspecified atom stereocenters. The van der Waals surface area contributed by atoms with Gasteiger partial charge in [0.15, 0.2) is 5.13 Å². The molecule has 0 aliphatic carbocycles. The Bertz CT molecular complexity index is 1170. The third-order valence-electron chi connectivity index (χ3n) is 4.25. The highest BCUT2D eigenvalue weighted by molar-refractivity contribution is 7.14. The van der Waals surface area contributed by atoms with Gasteiger partial charge in [-0.15, -0.1) is 11.3 Å². The molecule has 4 aromatic rings. The first-order valence-corrected chi connectivity index (χ1v) is 10.1. The van der Waals surface area contributed by atoms with Gasteiger partial charge in [0.05, 0.1) is 5.69 Å². The number of halogens is 1. The molecule has 0 spiro atoms. The molecule has 1 amide bonds. The van der Waals surface area contributed by atoms with E-state index in [0.717, 1.165) is 28.3 Å². The summed E-state index contributed by atoms with van der Waals surface area (Å²) >= 11 is 1.45. The maximum absolute atomic E-state index is 13.1. The first-order chi connectivity index (χ1) is 14.5. The molecule has 2 heterocycles. The number of anilines is 3. The lowest BCUT2D eigenvalue weighted by Crippen LogP contribution is -2.14. The minimum atomic E-state index is -0.278. The molecule has 0 saturated carbocycles. The molecule has 0 atom stereocenters. The zero-order valence-corrected chi connectivity index (χ0v) is 17.1. The maximum atomic E-state index is 13.1. The quantitative estimate of drug-likeness (QED) is 0.456. The van der Waals surface area contributed by atoms with E-state index in [1.807, 2.05) is 25.3 Å². The largest absolute Gasteiger partial charge is 0.332 e. The van der Waals surface area contributed by atoms with Gasteiger partial charge in [-0.25, -0.2) is 19.3 Å². The van der Waals surface area contributed by atoms with Gasteiger partial charge in [-0.3, -0.25) is 10.1 Å². The Morgan fingerprint density at radius 1 is 0.933 bits per heavy atom. The number of hydrogen-bond acceptors (Lipinski definition) is 6. The number of nitrogens with one attached hydrogen (secondary N) is 2. The second kappa shape index (κ2) is 8.38. The lowest BCUT2D eigenvalue weighted by atomic mass is 10.2. The molecule has 0 saturated heterocycles. The normalized spacial score (nSPS) is 10.6. The summed E-state index contributed by atoms with van der Waals surface area (Å²) in [5.74, 6) is -0.268. The first kappa shape index (κ1) is 19.7. The van der Waals surface area contributed by atoms with Crippen LogP contribution in [0.15, 0.2) is 60.0 Å². The summed E-state index contributed by atoms with van der Waals surface area (Å²) in [6.07, 6.45) is 0. The fourth-order valence-corrected chi connectivity index (χ4v) is 3.61. The minimum absolute atomic E-state index is 0.277. The molecular formula is C22H18FN5OS. The smallest absolute Gasteiger partial charge is 0.258 e. The molecular weight excluding hydrogens is 401 g/mol. The highest BCUT2D eigenvalue weighted by Crippen LogP contribution is 2.27. The summed E-state index contributed by atoms with van der Waals surface area (Å²) in [6.45, 7) is 3.70. The Hall–Kier alpha value is -3.65. The van der Waals surface area contributed by atoms with Crippen molar-refractivity contribution in [1.29, 1.82) is 0 Å². The van der Waals surface area contributed by atoms with E-state index in [4.69, 9.17) is 0 Å². The van der Waals surface area contributed by atoms with Gasteiger partial charge in [0.2, 0.25) is 5.95 Å². The highest BCUT2D eigenvalue weighted by atomic mass is 32.1. The number of nitrogens with zero attached hydrogens (tertiary/aromatic N) is 3. The molecule has 0 fully saturated rings. The number of aryl methyl sites for hydroxylation is 2. The fourth-order valence-electron chi connectivity index (χ4n) is 2.87. The van der Waals surface area contributed by atoms with Crippen molar-refractivity contribution >= 4 is 34.0 Å². The number of hydrogen-bond donors (Lipinski definition) is 2. The zero-order chi connectivity index (χ0) is 21.1. The lowest BCUT2D eigenvalue weighted by molar-refractivity contribution is 0.102. The Balaban J connectivity index is 1.42. The molecule has 0 aliphatic heterocycles. The molecule has 6 nitrogen and oxygen atoms in total. The van der Waals surface area contributed by atoms with Crippen molar-refractivity contribution in [2.75, 3.05) is 10.6 Å². The van der Waals surface area contributed by atoms with E-state index < -0.39 is 0 Å². The van der Waals surface area contributed by atoms with Crippen molar-refractivity contribution in [2.24, 2.45) is 0 Å². The van der Waals surface area contributed by atoms with E-state index in [9.17, 15) is 9.18 Å². The predicted molar refractivity (Wildman–Crippen MR) is 117 cm³/mol. The Morgan fingerprint density at radius 3 is 2.27 bits per heavy atom. The average Bonchev–Trinajstić information content (AvgIpc) is 3.16. The molecule has 4 rings (SSSR count). The van der Waals surface area contributed by atoms with Gasteiger partial charge in [-0.2, -0.15) is 0 Å². The van der Waals surface area contributed by atoms with Crippen molar-refractivity contribution in [2.45, 2.75) is 13.8 Å². The number of benzene rings is 2. The van der Waals surface area contributed by atoms with Gasteiger partial charge >= 0.3 is 0 Å². The maximum Gasteiger partial charge on any atom is 0.258 e. The summed E-state index contributed by atoms with van der Waals surface area (Å²) in [6, 6.07) is 15.1. The molecule has 2 N–H and O–H groups in total.